The minimum Gasteiger partial charge on any atom is -0.384 e. The van der Waals surface area contributed by atoms with E-state index in [0.29, 0.717) is 17.7 Å². The topological polar surface area (TPSA) is 35.0 Å². The van der Waals surface area contributed by atoms with Crippen LogP contribution in [0.1, 0.15) is 38.2 Å². The third-order valence-corrected chi connectivity index (χ3v) is 3.69. The first-order chi connectivity index (χ1) is 7.95. The molecule has 1 aromatic rings. The van der Waals surface area contributed by atoms with Crippen molar-refractivity contribution < 1.29 is 4.74 Å². The third kappa shape index (κ3) is 4.19. The predicted molar refractivity (Wildman–Crippen MR) is 73.6 cm³/mol. The van der Waals surface area contributed by atoms with Crippen LogP contribution in [-0.2, 0) is 11.2 Å². The van der Waals surface area contributed by atoms with Gasteiger partial charge in [-0.1, -0.05) is 32.4 Å². The molecule has 3 nitrogen and oxygen atoms in total. The van der Waals surface area contributed by atoms with Crippen molar-refractivity contribution in [3.8, 4) is 0 Å². The molecule has 0 aromatic carbocycles. The van der Waals surface area contributed by atoms with E-state index in [4.69, 9.17) is 16.3 Å². The molecule has 0 fully saturated rings. The first-order valence-electron chi connectivity index (χ1n) is 5.66. The Hall–Kier alpha value is -0.190. The highest BCUT2D eigenvalue weighted by atomic mass is 79.9. The number of hydrogen-bond acceptors (Lipinski definition) is 3. The number of aromatic nitrogens is 2. The van der Waals surface area contributed by atoms with E-state index >= 15 is 0 Å². The lowest BCUT2D eigenvalue weighted by atomic mass is 10.1. The van der Waals surface area contributed by atoms with Crippen LogP contribution in [0.4, 0.5) is 0 Å². The second-order valence-electron chi connectivity index (χ2n) is 4.59. The minimum absolute atomic E-state index is 0.150. The molecular weight excluding hydrogens is 304 g/mol. The van der Waals surface area contributed by atoms with Gasteiger partial charge in [0.25, 0.3) is 0 Å². The van der Waals surface area contributed by atoms with Gasteiger partial charge in [-0.3, -0.25) is 0 Å². The predicted octanol–water partition coefficient (Wildman–Crippen LogP) is 3.84. The van der Waals surface area contributed by atoms with E-state index in [0.717, 1.165) is 22.4 Å². The van der Waals surface area contributed by atoms with Gasteiger partial charge < -0.3 is 4.74 Å². The fourth-order valence-electron chi connectivity index (χ4n) is 1.55. The monoisotopic (exact) mass is 320 g/mol. The van der Waals surface area contributed by atoms with Crippen molar-refractivity contribution in [1.82, 2.24) is 9.97 Å². The highest BCUT2D eigenvalue weighted by Crippen LogP contribution is 2.27. The van der Waals surface area contributed by atoms with Gasteiger partial charge >= 0.3 is 0 Å². The van der Waals surface area contributed by atoms with Crippen molar-refractivity contribution in [2.45, 2.75) is 33.1 Å². The summed E-state index contributed by atoms with van der Waals surface area (Å²) in [5, 5.41) is 0.480. The number of rotatable bonds is 5. The lowest BCUT2D eigenvalue weighted by Crippen LogP contribution is -2.10. The van der Waals surface area contributed by atoms with Crippen molar-refractivity contribution in [3.63, 3.8) is 0 Å². The number of hydrogen-bond donors (Lipinski definition) is 0. The summed E-state index contributed by atoms with van der Waals surface area (Å²) in [6.07, 6.45) is 0.884. The van der Waals surface area contributed by atoms with Crippen molar-refractivity contribution in [1.29, 1.82) is 0 Å². The molecule has 0 saturated heterocycles. The highest BCUT2D eigenvalue weighted by molar-refractivity contribution is 9.10. The van der Waals surface area contributed by atoms with Crippen LogP contribution in [0.2, 0.25) is 5.15 Å². The van der Waals surface area contributed by atoms with Gasteiger partial charge in [0.1, 0.15) is 11.0 Å². The standard InChI is InChI=1S/C12H18BrClN2O/c1-7(2)5-9-10(13)11(14)16-12(15-9)8(3)6-17-4/h7-8H,5-6H2,1-4H3. The molecule has 0 radical (unpaired) electrons. The number of ether oxygens (including phenoxy) is 1. The van der Waals surface area contributed by atoms with Gasteiger partial charge in [0, 0.05) is 13.0 Å². The van der Waals surface area contributed by atoms with E-state index in [1.54, 1.807) is 7.11 Å². The number of nitrogens with zero attached hydrogens (tertiary/aromatic N) is 2. The molecular formula is C12H18BrClN2O. The SMILES string of the molecule is COCC(C)c1nc(Cl)c(Br)c(CC(C)C)n1. The summed E-state index contributed by atoms with van der Waals surface area (Å²) in [4.78, 5) is 8.86. The van der Waals surface area contributed by atoms with Crippen molar-refractivity contribution in [2.24, 2.45) is 5.92 Å². The van der Waals surface area contributed by atoms with Crippen molar-refractivity contribution >= 4 is 27.5 Å². The maximum atomic E-state index is 6.11. The zero-order valence-corrected chi connectivity index (χ0v) is 13.0. The van der Waals surface area contributed by atoms with E-state index in [1.807, 2.05) is 6.92 Å². The second kappa shape index (κ2) is 6.66. The zero-order valence-electron chi connectivity index (χ0n) is 10.6. The van der Waals surface area contributed by atoms with E-state index in [1.165, 1.54) is 0 Å². The molecule has 0 spiro atoms. The van der Waals surface area contributed by atoms with Gasteiger partial charge in [-0.2, -0.15) is 0 Å². The molecule has 1 heterocycles. The van der Waals surface area contributed by atoms with E-state index < -0.39 is 0 Å². The van der Waals surface area contributed by atoms with Gasteiger partial charge in [-0.05, 0) is 28.3 Å². The molecule has 17 heavy (non-hydrogen) atoms. The van der Waals surface area contributed by atoms with Crippen LogP contribution in [0.3, 0.4) is 0 Å². The Labute approximate surface area is 116 Å². The van der Waals surface area contributed by atoms with Crippen LogP contribution >= 0.6 is 27.5 Å². The molecule has 0 aliphatic heterocycles. The smallest absolute Gasteiger partial charge is 0.147 e. The molecule has 5 heteroatoms. The van der Waals surface area contributed by atoms with Crippen LogP contribution in [0.25, 0.3) is 0 Å². The van der Waals surface area contributed by atoms with Gasteiger partial charge in [-0.15, -0.1) is 0 Å². The van der Waals surface area contributed by atoms with Gasteiger partial charge in [0.05, 0.1) is 16.8 Å². The first-order valence-corrected chi connectivity index (χ1v) is 6.83. The lowest BCUT2D eigenvalue weighted by Gasteiger charge is -2.13. The minimum atomic E-state index is 0.150. The first kappa shape index (κ1) is 14.9. The molecule has 0 amide bonds. The Kier molecular flexibility index (Phi) is 5.83. The van der Waals surface area contributed by atoms with Crippen LogP contribution in [0.15, 0.2) is 4.47 Å². The Balaban J connectivity index is 3.05. The van der Waals surface area contributed by atoms with E-state index in [2.05, 4.69) is 39.7 Å². The van der Waals surface area contributed by atoms with Crippen LogP contribution < -0.4 is 0 Å². The molecule has 0 aliphatic carbocycles. The quantitative estimate of drug-likeness (QED) is 0.773. The summed E-state index contributed by atoms with van der Waals surface area (Å²) in [7, 11) is 1.67. The van der Waals surface area contributed by atoms with E-state index in [9.17, 15) is 0 Å². The zero-order chi connectivity index (χ0) is 13.0. The highest BCUT2D eigenvalue weighted by Gasteiger charge is 2.16. The summed E-state index contributed by atoms with van der Waals surface area (Å²) in [6.45, 7) is 6.93. The lowest BCUT2D eigenvalue weighted by molar-refractivity contribution is 0.181. The summed E-state index contributed by atoms with van der Waals surface area (Å²) >= 11 is 9.55. The average molecular weight is 322 g/mol. The molecule has 0 saturated carbocycles. The van der Waals surface area contributed by atoms with Crippen LogP contribution in [0.5, 0.6) is 0 Å². The molecule has 0 aliphatic rings. The molecule has 0 N–H and O–H groups in total. The fraction of sp³-hybridized carbons (Fsp3) is 0.667. The summed E-state index contributed by atoms with van der Waals surface area (Å²) in [6, 6.07) is 0. The maximum absolute atomic E-state index is 6.11. The third-order valence-electron chi connectivity index (χ3n) is 2.36. The van der Waals surface area contributed by atoms with Gasteiger partial charge in [-0.25, -0.2) is 9.97 Å². The molecule has 1 atom stereocenters. The summed E-state index contributed by atoms with van der Waals surface area (Å²) < 4.78 is 5.92. The Bertz CT molecular complexity index is 385. The van der Waals surface area contributed by atoms with Crippen molar-refractivity contribution in [2.75, 3.05) is 13.7 Å². The Morgan fingerprint density at radius 2 is 1.94 bits per heavy atom. The maximum Gasteiger partial charge on any atom is 0.147 e. The van der Waals surface area contributed by atoms with E-state index in [-0.39, 0.29) is 5.92 Å². The Morgan fingerprint density at radius 1 is 1.29 bits per heavy atom. The van der Waals surface area contributed by atoms with Gasteiger partial charge in [0.2, 0.25) is 0 Å². The Morgan fingerprint density at radius 3 is 2.47 bits per heavy atom. The fourth-order valence-corrected chi connectivity index (χ4v) is 2.08. The number of halogens is 2. The molecule has 0 bridgehead atoms. The largest absolute Gasteiger partial charge is 0.384 e. The number of methoxy groups -OCH3 is 1. The molecule has 1 rings (SSSR count). The molecule has 1 aromatic heterocycles. The average Bonchev–Trinajstić information content (AvgIpc) is 2.24. The molecule has 96 valence electrons. The summed E-state index contributed by atoms with van der Waals surface area (Å²) in [5.41, 5.74) is 0.970. The summed E-state index contributed by atoms with van der Waals surface area (Å²) in [5.74, 6) is 1.43. The van der Waals surface area contributed by atoms with Crippen LogP contribution in [-0.4, -0.2) is 23.7 Å². The van der Waals surface area contributed by atoms with Crippen LogP contribution in [0, 0.1) is 5.92 Å². The van der Waals surface area contributed by atoms with Gasteiger partial charge in [0.15, 0.2) is 0 Å². The molecule has 1 unspecified atom stereocenters. The normalized spacial score (nSPS) is 13.1. The second-order valence-corrected chi connectivity index (χ2v) is 5.74. The van der Waals surface area contributed by atoms with Crippen molar-refractivity contribution in [3.05, 3.63) is 21.1 Å².